The Bertz CT molecular complexity index is 3710. The summed E-state index contributed by atoms with van der Waals surface area (Å²) in [4.78, 5) is 0. The summed E-state index contributed by atoms with van der Waals surface area (Å²) >= 11 is 0. The number of fused-ring (bicyclic) bond motifs is 10. The van der Waals surface area contributed by atoms with Crippen molar-refractivity contribution in [3.63, 3.8) is 0 Å². The Morgan fingerprint density at radius 3 is 1.50 bits per heavy atom. The van der Waals surface area contributed by atoms with Crippen molar-refractivity contribution in [3.05, 3.63) is 224 Å². The van der Waals surface area contributed by atoms with Crippen molar-refractivity contribution >= 4 is 71.1 Å². The number of benzene rings is 7. The molecule has 64 heavy (non-hydrogen) atoms. The van der Waals surface area contributed by atoms with E-state index in [-0.39, 0.29) is 0 Å². The highest BCUT2D eigenvalue weighted by atomic mass is 15.0. The van der Waals surface area contributed by atoms with Gasteiger partial charge < -0.3 is 22.8 Å². The molecule has 12 aromatic rings. The van der Waals surface area contributed by atoms with Gasteiger partial charge in [-0.15, -0.1) is 0 Å². The highest BCUT2D eigenvalue weighted by Gasteiger charge is 2.20. The molecule has 5 aromatic heterocycles. The molecule has 12 rings (SSSR count). The SMILES string of the molecule is C/C=C(\C=C/CC)n1ccc2ccc3c(c4ccccc4n3-c3ccc(-n4c5ccccc5c5c6c(ccc54)ccn6-c4ccccc4)cc3)c21.Cc1ccn(-c2ccccc2)c1C. The molecule has 5 heterocycles. The second-order valence-corrected chi connectivity index (χ2v) is 16.5. The first kappa shape index (κ1) is 38.9. The predicted octanol–water partition coefficient (Wildman–Crippen LogP) is 15.7. The lowest BCUT2D eigenvalue weighted by Crippen LogP contribution is -1.97. The van der Waals surface area contributed by atoms with Crippen molar-refractivity contribution in [3.8, 4) is 22.7 Å². The zero-order chi connectivity index (χ0) is 43.3. The quantitative estimate of drug-likeness (QED) is 0.143. The van der Waals surface area contributed by atoms with Crippen LogP contribution in [0.4, 0.5) is 0 Å². The molecule has 0 saturated carbocycles. The Balaban J connectivity index is 0.000000302. The van der Waals surface area contributed by atoms with Gasteiger partial charge in [-0.3, -0.25) is 0 Å². The van der Waals surface area contributed by atoms with Crippen molar-refractivity contribution in [2.45, 2.75) is 34.1 Å². The van der Waals surface area contributed by atoms with E-state index < -0.39 is 0 Å². The van der Waals surface area contributed by atoms with Crippen LogP contribution in [-0.4, -0.2) is 22.8 Å². The van der Waals surface area contributed by atoms with E-state index in [1.54, 1.807) is 0 Å². The Labute approximate surface area is 373 Å². The summed E-state index contributed by atoms with van der Waals surface area (Å²) in [6, 6.07) is 63.4. The van der Waals surface area contributed by atoms with Crippen LogP contribution in [0, 0.1) is 13.8 Å². The fourth-order valence-corrected chi connectivity index (χ4v) is 9.72. The molecule has 0 bridgehead atoms. The molecule has 0 aliphatic rings. The van der Waals surface area contributed by atoms with Crippen LogP contribution >= 0.6 is 0 Å². The lowest BCUT2D eigenvalue weighted by atomic mass is 10.1. The molecule has 0 N–H and O–H groups in total. The van der Waals surface area contributed by atoms with Gasteiger partial charge in [0.1, 0.15) is 0 Å². The molecular weight excluding hydrogens is 779 g/mol. The molecule has 0 aliphatic carbocycles. The molecule has 0 atom stereocenters. The lowest BCUT2D eigenvalue weighted by molar-refractivity contribution is 1.01. The van der Waals surface area contributed by atoms with Crippen LogP contribution in [0.2, 0.25) is 0 Å². The van der Waals surface area contributed by atoms with Gasteiger partial charge in [0, 0.05) is 85.0 Å². The van der Waals surface area contributed by atoms with Gasteiger partial charge >= 0.3 is 0 Å². The number of hydrogen-bond donors (Lipinski definition) is 0. The average molecular weight is 828 g/mol. The van der Waals surface area contributed by atoms with Crippen molar-refractivity contribution in [2.24, 2.45) is 0 Å². The number of aryl methyl sites for hydroxylation is 1. The Morgan fingerprint density at radius 2 is 0.953 bits per heavy atom. The fourth-order valence-electron chi connectivity index (χ4n) is 9.72. The zero-order valence-corrected chi connectivity index (χ0v) is 36.7. The maximum Gasteiger partial charge on any atom is 0.0628 e. The van der Waals surface area contributed by atoms with Crippen LogP contribution in [0.15, 0.2) is 213 Å². The standard InChI is InChI=1S/C47H36N4.C12H13N/c1-3-5-13-34(4-2)48-30-28-32-20-26-42-44(46(32)48)38-16-9-11-18-40(38)50(42)36-22-24-37(25-23-36)51-41-19-12-10-17-39(41)45-43(51)27-21-33-29-31-49(47(33)45)35-14-7-6-8-15-35;1-10-8-9-13(11(10)2)12-6-4-3-5-7-12/h4-31H,3H2,1-2H3;3-9H,1-2H3/b13-5-,34-4+;. The maximum absolute atomic E-state index is 2.42. The number of allylic oxidation sites excluding steroid dienone is 4. The van der Waals surface area contributed by atoms with Crippen molar-refractivity contribution < 1.29 is 0 Å². The highest BCUT2D eigenvalue weighted by Crippen LogP contribution is 2.41. The van der Waals surface area contributed by atoms with Crippen molar-refractivity contribution in [1.29, 1.82) is 0 Å². The summed E-state index contributed by atoms with van der Waals surface area (Å²) in [6.07, 6.45) is 14.2. The molecule has 0 spiro atoms. The van der Waals surface area contributed by atoms with Gasteiger partial charge in [0.05, 0.1) is 33.1 Å². The number of nitrogens with zero attached hydrogens (tertiary/aromatic N) is 5. The van der Waals surface area contributed by atoms with Crippen molar-refractivity contribution in [2.75, 3.05) is 0 Å². The molecule has 5 nitrogen and oxygen atoms in total. The Morgan fingerprint density at radius 1 is 0.453 bits per heavy atom. The molecular formula is C59H49N5. The minimum atomic E-state index is 1.00. The number of aromatic nitrogens is 5. The van der Waals surface area contributed by atoms with E-state index in [2.05, 4.69) is 257 Å². The third-order valence-electron chi connectivity index (χ3n) is 12.9. The summed E-state index contributed by atoms with van der Waals surface area (Å²) in [5.74, 6) is 0. The molecule has 7 aromatic carbocycles. The largest absolute Gasteiger partial charge is 0.321 e. The first-order valence-electron chi connectivity index (χ1n) is 22.3. The van der Waals surface area contributed by atoms with Crippen LogP contribution in [-0.2, 0) is 0 Å². The molecule has 0 fully saturated rings. The molecule has 5 heteroatoms. The molecule has 310 valence electrons. The van der Waals surface area contributed by atoms with Crippen LogP contribution in [0.1, 0.15) is 31.5 Å². The molecule has 0 saturated heterocycles. The Hall–Kier alpha value is -8.02. The van der Waals surface area contributed by atoms with Gasteiger partial charge in [-0.25, -0.2) is 0 Å². The second kappa shape index (κ2) is 16.0. The number of para-hydroxylation sites is 4. The lowest BCUT2D eigenvalue weighted by Gasteiger charge is -2.12. The molecule has 0 aliphatic heterocycles. The first-order valence-corrected chi connectivity index (χ1v) is 22.3. The summed E-state index contributed by atoms with van der Waals surface area (Å²) < 4.78 is 11.7. The number of rotatable bonds is 7. The monoisotopic (exact) mass is 827 g/mol. The van der Waals surface area contributed by atoms with E-state index in [9.17, 15) is 0 Å². The van der Waals surface area contributed by atoms with Crippen LogP contribution in [0.25, 0.3) is 93.9 Å². The van der Waals surface area contributed by atoms with Crippen LogP contribution in [0.5, 0.6) is 0 Å². The average Bonchev–Trinajstić information content (AvgIpc) is 4.18. The molecule has 0 unspecified atom stereocenters. The van der Waals surface area contributed by atoms with Gasteiger partial charge in [0.2, 0.25) is 0 Å². The third-order valence-corrected chi connectivity index (χ3v) is 12.9. The first-order chi connectivity index (χ1) is 31.5. The van der Waals surface area contributed by atoms with E-state index >= 15 is 0 Å². The highest BCUT2D eigenvalue weighted by molar-refractivity contribution is 6.22. The van der Waals surface area contributed by atoms with Crippen LogP contribution in [0.3, 0.4) is 0 Å². The second-order valence-electron chi connectivity index (χ2n) is 16.5. The van der Waals surface area contributed by atoms with Crippen LogP contribution < -0.4 is 0 Å². The summed E-state index contributed by atoms with van der Waals surface area (Å²) in [7, 11) is 0. The van der Waals surface area contributed by atoms with Gasteiger partial charge in [-0.2, -0.15) is 0 Å². The topological polar surface area (TPSA) is 24.6 Å². The Kier molecular flexibility index (Phi) is 9.73. The third kappa shape index (κ3) is 6.31. The van der Waals surface area contributed by atoms with E-state index in [0.717, 1.165) is 23.5 Å². The minimum Gasteiger partial charge on any atom is -0.321 e. The normalized spacial score (nSPS) is 12.2. The number of hydrogen-bond acceptors (Lipinski definition) is 0. The van der Waals surface area contributed by atoms with Gasteiger partial charge in [0.15, 0.2) is 0 Å². The molecule has 0 radical (unpaired) electrons. The van der Waals surface area contributed by atoms with Gasteiger partial charge in [0.25, 0.3) is 0 Å². The summed E-state index contributed by atoms with van der Waals surface area (Å²) in [5.41, 5.74) is 15.8. The molecule has 0 amide bonds. The van der Waals surface area contributed by atoms with Gasteiger partial charge in [-0.1, -0.05) is 104 Å². The predicted molar refractivity (Wildman–Crippen MR) is 272 cm³/mol. The van der Waals surface area contributed by atoms with E-state index in [0.29, 0.717) is 0 Å². The fraction of sp³-hybridized carbons (Fsp3) is 0.0847. The van der Waals surface area contributed by atoms with E-state index in [4.69, 9.17) is 0 Å². The zero-order valence-electron chi connectivity index (χ0n) is 36.7. The van der Waals surface area contributed by atoms with E-state index in [1.165, 1.54) is 88.1 Å². The summed E-state index contributed by atoms with van der Waals surface area (Å²) in [6.45, 7) is 8.57. The summed E-state index contributed by atoms with van der Waals surface area (Å²) in [5, 5.41) is 7.52. The smallest absolute Gasteiger partial charge is 0.0628 e. The van der Waals surface area contributed by atoms with Crippen molar-refractivity contribution in [1.82, 2.24) is 22.8 Å². The maximum atomic E-state index is 2.42. The van der Waals surface area contributed by atoms with E-state index in [1.807, 2.05) is 6.07 Å². The minimum absolute atomic E-state index is 1.00. The van der Waals surface area contributed by atoms with Gasteiger partial charge in [-0.05, 0) is 130 Å².